The Balaban J connectivity index is 2.10. The molecule has 0 aliphatic rings. The molecular weight excluding hydrogens is 300 g/mol. The fraction of sp³-hybridized carbons (Fsp3) is 0. The van der Waals surface area contributed by atoms with E-state index in [-0.39, 0.29) is 5.78 Å². The Morgan fingerprint density at radius 1 is 1.24 bits per heavy atom. The summed E-state index contributed by atoms with van der Waals surface area (Å²) in [5.41, 5.74) is 1.39. The number of carbonyl (C=O) groups excluding carboxylic acids is 1. The molecule has 0 saturated heterocycles. The SMILES string of the molecule is O=C(c1cc2ccccc2o1)c1cscc1Br. The molecule has 0 spiro atoms. The molecule has 2 nitrogen and oxygen atoms in total. The lowest BCUT2D eigenvalue weighted by molar-refractivity contribution is 0.101. The number of para-hydroxylation sites is 1. The van der Waals surface area contributed by atoms with Gasteiger partial charge >= 0.3 is 0 Å². The van der Waals surface area contributed by atoms with Crippen LogP contribution >= 0.6 is 27.3 Å². The van der Waals surface area contributed by atoms with Crippen LogP contribution in [0, 0.1) is 0 Å². The Labute approximate surface area is 110 Å². The van der Waals surface area contributed by atoms with Crippen LogP contribution in [-0.4, -0.2) is 5.78 Å². The third-order valence-corrected chi connectivity index (χ3v) is 4.21. The van der Waals surface area contributed by atoms with Gasteiger partial charge in [-0.2, -0.15) is 11.3 Å². The lowest BCUT2D eigenvalue weighted by Crippen LogP contribution is -1.97. The second-order valence-corrected chi connectivity index (χ2v) is 5.21. The zero-order valence-electron chi connectivity index (χ0n) is 8.64. The standard InChI is InChI=1S/C13H7BrO2S/c14-10-7-17-6-9(10)13(15)12-5-8-3-1-2-4-11(8)16-12/h1-7H. The number of carbonyl (C=O) groups is 1. The van der Waals surface area contributed by atoms with Gasteiger partial charge in [-0.1, -0.05) is 18.2 Å². The number of fused-ring (bicyclic) bond motifs is 1. The molecule has 0 aliphatic heterocycles. The molecule has 17 heavy (non-hydrogen) atoms. The van der Waals surface area contributed by atoms with Crippen LogP contribution in [-0.2, 0) is 0 Å². The summed E-state index contributed by atoms with van der Waals surface area (Å²) in [6.07, 6.45) is 0. The summed E-state index contributed by atoms with van der Waals surface area (Å²) < 4.78 is 6.36. The highest BCUT2D eigenvalue weighted by Crippen LogP contribution is 2.26. The number of furan rings is 1. The number of rotatable bonds is 2. The predicted octanol–water partition coefficient (Wildman–Crippen LogP) is 4.49. The highest BCUT2D eigenvalue weighted by Gasteiger charge is 2.17. The van der Waals surface area contributed by atoms with E-state index < -0.39 is 0 Å². The average Bonchev–Trinajstić information content (AvgIpc) is 2.93. The van der Waals surface area contributed by atoms with Crippen LogP contribution in [0.25, 0.3) is 11.0 Å². The molecule has 0 N–H and O–H groups in total. The maximum atomic E-state index is 12.2. The Bertz CT molecular complexity index is 663. The Hall–Kier alpha value is -1.39. The molecule has 0 aliphatic carbocycles. The summed E-state index contributed by atoms with van der Waals surface area (Å²) in [6, 6.07) is 9.38. The first-order valence-corrected chi connectivity index (χ1v) is 6.74. The van der Waals surface area contributed by atoms with E-state index in [4.69, 9.17) is 4.42 Å². The molecule has 0 radical (unpaired) electrons. The molecule has 0 saturated carbocycles. The van der Waals surface area contributed by atoms with Crippen molar-refractivity contribution in [1.29, 1.82) is 0 Å². The number of halogens is 1. The summed E-state index contributed by atoms with van der Waals surface area (Å²) in [5, 5.41) is 4.65. The molecule has 0 fully saturated rings. The molecule has 2 heterocycles. The smallest absolute Gasteiger partial charge is 0.230 e. The van der Waals surface area contributed by atoms with Crippen molar-refractivity contribution in [2.24, 2.45) is 0 Å². The number of thiophene rings is 1. The van der Waals surface area contributed by atoms with Crippen LogP contribution in [0.15, 0.2) is 50.0 Å². The number of benzene rings is 1. The lowest BCUT2D eigenvalue weighted by Gasteiger charge is -1.93. The van der Waals surface area contributed by atoms with Gasteiger partial charge in [-0.05, 0) is 28.1 Å². The van der Waals surface area contributed by atoms with E-state index >= 15 is 0 Å². The summed E-state index contributed by atoms with van der Waals surface area (Å²) in [7, 11) is 0. The molecule has 0 amide bonds. The zero-order chi connectivity index (χ0) is 11.8. The lowest BCUT2D eigenvalue weighted by atomic mass is 10.1. The summed E-state index contributed by atoms with van der Waals surface area (Å²) in [5.74, 6) is 0.291. The van der Waals surface area contributed by atoms with Gasteiger partial charge in [-0.3, -0.25) is 4.79 Å². The molecular formula is C13H7BrO2S. The van der Waals surface area contributed by atoms with Crippen molar-refractivity contribution in [3.63, 3.8) is 0 Å². The summed E-state index contributed by atoms with van der Waals surface area (Å²) >= 11 is 4.84. The van der Waals surface area contributed by atoms with Crippen molar-refractivity contribution >= 4 is 44.0 Å². The van der Waals surface area contributed by atoms with Gasteiger partial charge in [-0.15, -0.1) is 0 Å². The van der Waals surface area contributed by atoms with Gasteiger partial charge in [0.2, 0.25) is 5.78 Å². The fourth-order valence-corrected chi connectivity index (χ4v) is 3.12. The molecule has 3 rings (SSSR count). The molecule has 2 aromatic heterocycles. The van der Waals surface area contributed by atoms with Crippen molar-refractivity contribution < 1.29 is 9.21 Å². The van der Waals surface area contributed by atoms with Gasteiger partial charge in [0.05, 0.1) is 5.56 Å². The average molecular weight is 307 g/mol. The molecule has 0 bridgehead atoms. The van der Waals surface area contributed by atoms with Crippen LogP contribution in [0.2, 0.25) is 0 Å². The van der Waals surface area contributed by atoms with Gasteiger partial charge in [0.25, 0.3) is 0 Å². The predicted molar refractivity (Wildman–Crippen MR) is 71.7 cm³/mol. The molecule has 4 heteroatoms. The Morgan fingerprint density at radius 2 is 2.06 bits per heavy atom. The Morgan fingerprint density at radius 3 is 2.76 bits per heavy atom. The third-order valence-electron chi connectivity index (χ3n) is 2.51. The van der Waals surface area contributed by atoms with Gasteiger partial charge in [-0.25, -0.2) is 0 Å². The van der Waals surface area contributed by atoms with Crippen LogP contribution in [0.5, 0.6) is 0 Å². The summed E-state index contributed by atoms with van der Waals surface area (Å²) in [6.45, 7) is 0. The normalized spacial score (nSPS) is 10.9. The van der Waals surface area contributed by atoms with E-state index in [1.54, 1.807) is 6.07 Å². The van der Waals surface area contributed by atoms with E-state index in [9.17, 15) is 4.79 Å². The number of hydrogen-bond donors (Lipinski definition) is 0. The van der Waals surface area contributed by atoms with Crippen molar-refractivity contribution in [3.8, 4) is 0 Å². The van der Waals surface area contributed by atoms with Crippen molar-refractivity contribution in [2.45, 2.75) is 0 Å². The van der Waals surface area contributed by atoms with Crippen molar-refractivity contribution in [3.05, 3.63) is 56.9 Å². The first kappa shape index (κ1) is 10.7. The second-order valence-electron chi connectivity index (χ2n) is 3.61. The maximum Gasteiger partial charge on any atom is 0.230 e. The summed E-state index contributed by atoms with van der Waals surface area (Å²) in [4.78, 5) is 12.2. The first-order chi connectivity index (χ1) is 8.25. The third kappa shape index (κ3) is 1.83. The zero-order valence-corrected chi connectivity index (χ0v) is 11.0. The van der Waals surface area contributed by atoms with Gasteiger partial charge in [0, 0.05) is 20.6 Å². The Kier molecular flexibility index (Phi) is 2.61. The van der Waals surface area contributed by atoms with Gasteiger partial charge in [0.1, 0.15) is 5.58 Å². The molecule has 84 valence electrons. The van der Waals surface area contributed by atoms with E-state index in [0.717, 1.165) is 15.4 Å². The molecule has 1 aromatic carbocycles. The van der Waals surface area contributed by atoms with E-state index in [1.165, 1.54) is 11.3 Å². The maximum absolute atomic E-state index is 12.2. The minimum atomic E-state index is -0.0886. The minimum Gasteiger partial charge on any atom is -0.453 e. The quantitative estimate of drug-likeness (QED) is 0.653. The van der Waals surface area contributed by atoms with Crippen LogP contribution < -0.4 is 0 Å². The van der Waals surface area contributed by atoms with Gasteiger partial charge < -0.3 is 4.42 Å². The molecule has 3 aromatic rings. The van der Waals surface area contributed by atoms with Crippen LogP contribution in [0.3, 0.4) is 0 Å². The van der Waals surface area contributed by atoms with Crippen LogP contribution in [0.4, 0.5) is 0 Å². The van der Waals surface area contributed by atoms with Gasteiger partial charge in [0.15, 0.2) is 5.76 Å². The fourth-order valence-electron chi connectivity index (χ4n) is 1.67. The molecule has 0 atom stereocenters. The number of ketones is 1. The highest BCUT2D eigenvalue weighted by atomic mass is 79.9. The minimum absolute atomic E-state index is 0.0886. The van der Waals surface area contributed by atoms with E-state index in [0.29, 0.717) is 11.3 Å². The van der Waals surface area contributed by atoms with Crippen molar-refractivity contribution in [2.75, 3.05) is 0 Å². The topological polar surface area (TPSA) is 30.2 Å². The largest absolute Gasteiger partial charge is 0.453 e. The van der Waals surface area contributed by atoms with Crippen molar-refractivity contribution in [1.82, 2.24) is 0 Å². The first-order valence-electron chi connectivity index (χ1n) is 5.00. The van der Waals surface area contributed by atoms with E-state index in [2.05, 4.69) is 15.9 Å². The van der Waals surface area contributed by atoms with E-state index in [1.807, 2.05) is 35.0 Å². The highest BCUT2D eigenvalue weighted by molar-refractivity contribution is 9.10. The molecule has 0 unspecified atom stereocenters. The van der Waals surface area contributed by atoms with Crippen LogP contribution in [0.1, 0.15) is 16.1 Å². The monoisotopic (exact) mass is 306 g/mol. The second kappa shape index (κ2) is 4.13. The number of hydrogen-bond acceptors (Lipinski definition) is 3.